The van der Waals surface area contributed by atoms with Crippen molar-refractivity contribution in [2.45, 2.75) is 20.8 Å². The van der Waals surface area contributed by atoms with Crippen molar-refractivity contribution in [3.63, 3.8) is 0 Å². The molecule has 0 radical (unpaired) electrons. The first kappa shape index (κ1) is 20.2. The number of hydrazine groups is 1. The molecule has 1 aromatic heterocycles. The topological polar surface area (TPSA) is 60.2 Å². The van der Waals surface area contributed by atoms with Crippen LogP contribution < -0.4 is 11.3 Å². The normalized spacial score (nSPS) is 9.70. The third-order valence-electron chi connectivity index (χ3n) is 2.01. The smallest absolute Gasteiger partial charge is 0.164 e. The van der Waals surface area contributed by atoms with Crippen LogP contribution in [0.1, 0.15) is 19.4 Å². The van der Waals surface area contributed by atoms with E-state index in [0.717, 1.165) is 17.3 Å². The summed E-state index contributed by atoms with van der Waals surface area (Å²) in [4.78, 5) is 3.87. The maximum Gasteiger partial charge on any atom is 0.164 e. The van der Waals surface area contributed by atoms with Gasteiger partial charge >= 0.3 is 0 Å². The minimum absolute atomic E-state index is 0.116. The van der Waals surface area contributed by atoms with Crippen molar-refractivity contribution < 1.29 is 9.13 Å². The predicted molar refractivity (Wildman–Crippen MR) is 83.7 cm³/mol. The second-order valence-corrected chi connectivity index (χ2v) is 3.16. The molecule has 1 rings (SSSR count). The lowest BCUT2D eigenvalue weighted by Crippen LogP contribution is -2.07. The summed E-state index contributed by atoms with van der Waals surface area (Å²) in [7, 11) is 1.38. The van der Waals surface area contributed by atoms with Crippen LogP contribution in [0, 0.1) is 6.92 Å². The molecular formula is C15H24FN3O. The maximum absolute atomic E-state index is 12.4. The summed E-state index contributed by atoms with van der Waals surface area (Å²) in [5, 5.41) is 0. The standard InChI is InChI=1S/C7H9FO.C6H9N3.C2H6/c1-4-6(8)7(5-2)9-3;1-5-2-3-8-4-6(5)9-7;1-2/h4-5H,1-2H2,3H3;2-4,9H,7H2,1H3;1-2H3/b7-6-;;. The Labute approximate surface area is 120 Å². The number of pyridine rings is 1. The second kappa shape index (κ2) is 13.3. The van der Waals surface area contributed by atoms with Crippen LogP contribution in [-0.4, -0.2) is 12.1 Å². The Bertz CT molecular complexity index is 431. The number of nitrogens with zero attached hydrogens (tertiary/aromatic N) is 1. The Morgan fingerprint density at radius 1 is 1.40 bits per heavy atom. The highest BCUT2D eigenvalue weighted by atomic mass is 19.1. The average Bonchev–Trinajstić information content (AvgIpc) is 2.51. The number of methoxy groups -OCH3 is 1. The fourth-order valence-corrected chi connectivity index (χ4v) is 0.994. The van der Waals surface area contributed by atoms with Crippen molar-refractivity contribution in [2.24, 2.45) is 5.84 Å². The van der Waals surface area contributed by atoms with Gasteiger partial charge in [0, 0.05) is 6.20 Å². The Morgan fingerprint density at radius 3 is 2.25 bits per heavy atom. The molecule has 0 atom stereocenters. The Balaban J connectivity index is 0. The fourth-order valence-electron chi connectivity index (χ4n) is 0.994. The number of ether oxygens (including phenoxy) is 1. The monoisotopic (exact) mass is 281 g/mol. The van der Waals surface area contributed by atoms with Gasteiger partial charge in [-0.2, -0.15) is 0 Å². The summed E-state index contributed by atoms with van der Waals surface area (Å²) in [5.41, 5.74) is 4.51. The van der Waals surface area contributed by atoms with Gasteiger partial charge in [-0.1, -0.05) is 27.0 Å². The van der Waals surface area contributed by atoms with Gasteiger partial charge in [0.2, 0.25) is 0 Å². The van der Waals surface area contributed by atoms with Gasteiger partial charge in [-0.05, 0) is 30.7 Å². The Kier molecular flexibility index (Phi) is 13.4. The highest BCUT2D eigenvalue weighted by molar-refractivity contribution is 5.46. The van der Waals surface area contributed by atoms with Crippen LogP contribution in [0.4, 0.5) is 10.1 Å². The minimum atomic E-state index is -0.493. The molecule has 0 fully saturated rings. The van der Waals surface area contributed by atoms with Crippen molar-refractivity contribution in [1.82, 2.24) is 4.98 Å². The summed E-state index contributed by atoms with van der Waals surface area (Å²) in [5.74, 6) is 4.78. The summed E-state index contributed by atoms with van der Waals surface area (Å²) in [6.07, 6.45) is 5.78. The van der Waals surface area contributed by atoms with Gasteiger partial charge in [0.15, 0.2) is 11.6 Å². The van der Waals surface area contributed by atoms with Crippen LogP contribution in [0.25, 0.3) is 0 Å². The number of rotatable bonds is 4. The molecule has 1 aromatic rings. The fraction of sp³-hybridized carbons (Fsp3) is 0.267. The van der Waals surface area contributed by atoms with E-state index in [-0.39, 0.29) is 5.76 Å². The van der Waals surface area contributed by atoms with E-state index in [2.05, 4.69) is 28.3 Å². The number of nitrogen functional groups attached to an aromatic ring is 1. The van der Waals surface area contributed by atoms with Gasteiger partial charge in [-0.25, -0.2) is 4.39 Å². The molecule has 0 spiro atoms. The molecule has 20 heavy (non-hydrogen) atoms. The van der Waals surface area contributed by atoms with Crippen LogP contribution in [0.3, 0.4) is 0 Å². The zero-order valence-corrected chi connectivity index (χ0v) is 12.6. The Hall–Kier alpha value is -2.14. The highest BCUT2D eigenvalue weighted by Crippen LogP contribution is 2.08. The molecule has 0 saturated carbocycles. The molecule has 0 amide bonds. The minimum Gasteiger partial charge on any atom is -0.494 e. The SMILES string of the molecule is C=C/C(F)=C(\C=C)OC.CC.Cc1ccncc1NN. The number of halogens is 1. The highest BCUT2D eigenvalue weighted by Gasteiger charge is 1.95. The molecule has 1 heterocycles. The lowest BCUT2D eigenvalue weighted by molar-refractivity contribution is 0.293. The molecule has 112 valence electrons. The molecule has 4 nitrogen and oxygen atoms in total. The van der Waals surface area contributed by atoms with Crippen molar-refractivity contribution >= 4 is 5.69 Å². The zero-order valence-electron chi connectivity index (χ0n) is 12.6. The lowest BCUT2D eigenvalue weighted by Gasteiger charge is -2.00. The molecule has 0 aliphatic heterocycles. The summed E-state index contributed by atoms with van der Waals surface area (Å²) in [6, 6.07) is 1.90. The van der Waals surface area contributed by atoms with Gasteiger partial charge in [0.25, 0.3) is 0 Å². The average molecular weight is 281 g/mol. The van der Waals surface area contributed by atoms with Gasteiger partial charge in [-0.15, -0.1) is 0 Å². The van der Waals surface area contributed by atoms with Gasteiger partial charge in [-0.3, -0.25) is 10.8 Å². The van der Waals surface area contributed by atoms with Crippen LogP contribution in [0.5, 0.6) is 0 Å². The summed E-state index contributed by atoms with van der Waals surface area (Å²) < 4.78 is 16.9. The number of allylic oxidation sites excluding steroid dienone is 3. The predicted octanol–water partition coefficient (Wildman–Crippen LogP) is 3.89. The maximum atomic E-state index is 12.4. The zero-order chi connectivity index (χ0) is 16.0. The van der Waals surface area contributed by atoms with E-state index in [1.54, 1.807) is 12.4 Å². The van der Waals surface area contributed by atoms with E-state index >= 15 is 0 Å². The number of aromatic nitrogens is 1. The van der Waals surface area contributed by atoms with Crippen LogP contribution >= 0.6 is 0 Å². The number of aryl methyl sites for hydroxylation is 1. The quantitative estimate of drug-likeness (QED) is 0.380. The number of hydrogen-bond donors (Lipinski definition) is 2. The van der Waals surface area contributed by atoms with Crippen molar-refractivity contribution in [3.05, 3.63) is 60.9 Å². The molecular weight excluding hydrogens is 257 g/mol. The van der Waals surface area contributed by atoms with E-state index in [1.165, 1.54) is 13.2 Å². The van der Waals surface area contributed by atoms with Gasteiger partial charge < -0.3 is 10.2 Å². The lowest BCUT2D eigenvalue weighted by atomic mass is 10.3. The molecule has 3 N–H and O–H groups in total. The second-order valence-electron chi connectivity index (χ2n) is 3.16. The van der Waals surface area contributed by atoms with Crippen LogP contribution in [-0.2, 0) is 4.74 Å². The molecule has 0 saturated heterocycles. The number of nitrogens with one attached hydrogen (secondary N) is 1. The molecule has 5 heteroatoms. The summed E-state index contributed by atoms with van der Waals surface area (Å²) >= 11 is 0. The number of nitrogens with two attached hydrogens (primary N) is 1. The third-order valence-corrected chi connectivity index (χ3v) is 2.01. The van der Waals surface area contributed by atoms with Crippen LogP contribution in [0.15, 0.2) is 55.4 Å². The molecule has 0 unspecified atom stereocenters. The van der Waals surface area contributed by atoms with E-state index in [9.17, 15) is 4.39 Å². The number of hydrogen-bond acceptors (Lipinski definition) is 4. The van der Waals surface area contributed by atoms with Gasteiger partial charge in [0.1, 0.15) is 0 Å². The third kappa shape index (κ3) is 8.05. The van der Waals surface area contributed by atoms with E-state index < -0.39 is 5.83 Å². The molecule has 0 bridgehead atoms. The summed E-state index contributed by atoms with van der Waals surface area (Å²) in [6.45, 7) is 12.5. The first-order valence-electron chi connectivity index (χ1n) is 6.16. The first-order valence-corrected chi connectivity index (χ1v) is 6.16. The largest absolute Gasteiger partial charge is 0.494 e. The first-order chi connectivity index (χ1) is 9.60. The van der Waals surface area contributed by atoms with E-state index in [1.807, 2.05) is 26.8 Å². The van der Waals surface area contributed by atoms with Crippen molar-refractivity contribution in [3.8, 4) is 0 Å². The molecule has 0 aromatic carbocycles. The van der Waals surface area contributed by atoms with E-state index in [0.29, 0.717) is 0 Å². The van der Waals surface area contributed by atoms with Gasteiger partial charge in [0.05, 0.1) is 19.0 Å². The molecule has 0 aliphatic rings. The van der Waals surface area contributed by atoms with Crippen molar-refractivity contribution in [1.29, 1.82) is 0 Å². The van der Waals surface area contributed by atoms with E-state index in [4.69, 9.17) is 5.84 Å². The van der Waals surface area contributed by atoms with Crippen LogP contribution in [0.2, 0.25) is 0 Å². The Morgan fingerprint density at radius 2 is 2.00 bits per heavy atom. The van der Waals surface area contributed by atoms with Crippen molar-refractivity contribution in [2.75, 3.05) is 12.5 Å². The number of anilines is 1. The molecule has 0 aliphatic carbocycles.